The minimum absolute atomic E-state index is 0.0330. The monoisotopic (exact) mass is 458 g/mol. The standard InChI is InChI=1S/C23H27ClN4O4/c1-4-32-21(30)17-12-19-20(29)28(18-10-9-14(2)11-16(18)24)23(3,13-27(19)26-17)22(31)25-15-7-5-6-8-15/h9-12,15H,4-8,13H2,1-3H3,(H,25,31). The molecule has 1 fully saturated rings. The van der Waals surface area contributed by atoms with Crippen LogP contribution in [0, 0.1) is 6.92 Å². The van der Waals surface area contributed by atoms with Gasteiger partial charge in [-0.25, -0.2) is 4.79 Å². The quantitative estimate of drug-likeness (QED) is 0.692. The van der Waals surface area contributed by atoms with Crippen LogP contribution in [0.4, 0.5) is 5.69 Å². The summed E-state index contributed by atoms with van der Waals surface area (Å²) in [5.41, 5.74) is 0.330. The van der Waals surface area contributed by atoms with Crippen molar-refractivity contribution < 1.29 is 19.1 Å². The first-order chi connectivity index (χ1) is 15.2. The van der Waals surface area contributed by atoms with Gasteiger partial charge in [-0.15, -0.1) is 0 Å². The Morgan fingerprint density at radius 1 is 1.28 bits per heavy atom. The fraction of sp³-hybridized carbons (Fsp3) is 0.478. The number of aromatic nitrogens is 2. The number of benzene rings is 1. The maximum Gasteiger partial charge on any atom is 0.358 e. The highest BCUT2D eigenvalue weighted by molar-refractivity contribution is 6.34. The summed E-state index contributed by atoms with van der Waals surface area (Å²) in [7, 11) is 0. The number of aryl methyl sites for hydroxylation is 1. The highest BCUT2D eigenvalue weighted by Gasteiger charge is 2.50. The smallest absolute Gasteiger partial charge is 0.358 e. The Labute approximate surface area is 191 Å². The molecule has 1 saturated carbocycles. The van der Waals surface area contributed by atoms with Crippen molar-refractivity contribution >= 4 is 35.1 Å². The van der Waals surface area contributed by atoms with Crippen LogP contribution in [0.3, 0.4) is 0 Å². The summed E-state index contributed by atoms with van der Waals surface area (Å²) in [5.74, 6) is -1.33. The van der Waals surface area contributed by atoms with E-state index >= 15 is 0 Å². The van der Waals surface area contributed by atoms with Gasteiger partial charge in [0.15, 0.2) is 5.69 Å². The van der Waals surface area contributed by atoms with Gasteiger partial charge in [0.2, 0.25) is 5.91 Å². The van der Waals surface area contributed by atoms with Crippen LogP contribution in [0.1, 0.15) is 66.1 Å². The third-order valence-corrected chi connectivity index (χ3v) is 6.46. The minimum atomic E-state index is -1.29. The third kappa shape index (κ3) is 3.88. The second-order valence-electron chi connectivity index (χ2n) is 8.62. The summed E-state index contributed by atoms with van der Waals surface area (Å²) in [4.78, 5) is 40.9. The van der Waals surface area contributed by atoms with Crippen LogP contribution in [0.25, 0.3) is 0 Å². The number of carbonyl (C=O) groups excluding carboxylic acids is 3. The molecule has 8 nitrogen and oxygen atoms in total. The van der Waals surface area contributed by atoms with Crippen molar-refractivity contribution in [3.05, 3.63) is 46.2 Å². The van der Waals surface area contributed by atoms with Crippen molar-refractivity contribution in [2.75, 3.05) is 11.5 Å². The zero-order valence-electron chi connectivity index (χ0n) is 18.5. The SMILES string of the molecule is CCOC(=O)c1cc2n(n1)CC(C)(C(=O)NC1CCCC1)N(c1ccc(C)cc1Cl)C2=O. The second-order valence-corrected chi connectivity index (χ2v) is 9.02. The van der Waals surface area contributed by atoms with Gasteiger partial charge in [-0.3, -0.25) is 19.2 Å². The van der Waals surface area contributed by atoms with Crippen molar-refractivity contribution in [1.82, 2.24) is 15.1 Å². The van der Waals surface area contributed by atoms with Gasteiger partial charge in [0.25, 0.3) is 5.91 Å². The number of anilines is 1. The van der Waals surface area contributed by atoms with E-state index in [-0.39, 0.29) is 36.5 Å². The predicted octanol–water partition coefficient (Wildman–Crippen LogP) is 3.50. The van der Waals surface area contributed by atoms with Crippen LogP contribution in [0.5, 0.6) is 0 Å². The number of fused-ring (bicyclic) bond motifs is 1. The Morgan fingerprint density at radius 2 is 2.00 bits per heavy atom. The van der Waals surface area contributed by atoms with Crippen molar-refractivity contribution in [3.63, 3.8) is 0 Å². The summed E-state index contributed by atoms with van der Waals surface area (Å²) in [5, 5.41) is 7.76. The number of halogens is 1. The highest BCUT2D eigenvalue weighted by Crippen LogP contribution is 2.37. The van der Waals surface area contributed by atoms with Gasteiger partial charge in [-0.05, 0) is 51.3 Å². The van der Waals surface area contributed by atoms with Crippen molar-refractivity contribution in [1.29, 1.82) is 0 Å². The Hall–Kier alpha value is -2.87. The molecule has 0 bridgehead atoms. The minimum Gasteiger partial charge on any atom is -0.461 e. The molecule has 2 aliphatic rings. The predicted molar refractivity (Wildman–Crippen MR) is 120 cm³/mol. The molecule has 0 saturated heterocycles. The molecular formula is C23H27ClN4O4. The zero-order chi connectivity index (χ0) is 23.0. The van der Waals surface area contributed by atoms with Gasteiger partial charge in [0.1, 0.15) is 11.2 Å². The first-order valence-electron chi connectivity index (χ1n) is 10.9. The number of nitrogens with one attached hydrogen (secondary N) is 1. The molecule has 170 valence electrons. The van der Waals surface area contributed by atoms with Crippen LogP contribution in [0.2, 0.25) is 5.02 Å². The molecule has 1 aliphatic carbocycles. The van der Waals surface area contributed by atoms with Gasteiger partial charge in [0.05, 0.1) is 23.9 Å². The summed E-state index contributed by atoms with van der Waals surface area (Å²) in [6.07, 6.45) is 3.97. The lowest BCUT2D eigenvalue weighted by Gasteiger charge is -2.43. The van der Waals surface area contributed by atoms with Crippen LogP contribution in [0.15, 0.2) is 24.3 Å². The molecule has 0 spiro atoms. The molecule has 1 atom stereocenters. The van der Waals surface area contributed by atoms with E-state index in [1.54, 1.807) is 26.0 Å². The van der Waals surface area contributed by atoms with Gasteiger partial charge in [-0.1, -0.05) is 30.5 Å². The number of esters is 1. The van der Waals surface area contributed by atoms with Gasteiger partial charge < -0.3 is 10.1 Å². The van der Waals surface area contributed by atoms with E-state index < -0.39 is 17.4 Å². The van der Waals surface area contributed by atoms with Crippen LogP contribution >= 0.6 is 11.6 Å². The van der Waals surface area contributed by atoms with Crippen LogP contribution < -0.4 is 10.2 Å². The second kappa shape index (κ2) is 8.58. The molecule has 2 heterocycles. The lowest BCUT2D eigenvalue weighted by atomic mass is 9.93. The maximum absolute atomic E-state index is 13.7. The maximum atomic E-state index is 13.7. The highest BCUT2D eigenvalue weighted by atomic mass is 35.5. The van der Waals surface area contributed by atoms with Crippen molar-refractivity contribution in [2.45, 2.75) is 64.6 Å². The molecule has 1 aromatic carbocycles. The van der Waals surface area contributed by atoms with Crippen molar-refractivity contribution in [2.24, 2.45) is 0 Å². The first-order valence-corrected chi connectivity index (χ1v) is 11.3. The van der Waals surface area contributed by atoms with Crippen LogP contribution in [-0.4, -0.2) is 45.8 Å². The number of carbonyl (C=O) groups is 3. The molecule has 1 aliphatic heterocycles. The summed E-state index contributed by atoms with van der Waals surface area (Å²) >= 11 is 6.53. The Balaban J connectivity index is 1.79. The van der Waals surface area contributed by atoms with E-state index in [1.807, 2.05) is 13.0 Å². The number of rotatable bonds is 5. The Bertz CT molecular complexity index is 1080. The number of nitrogens with zero attached hydrogens (tertiary/aromatic N) is 3. The fourth-order valence-electron chi connectivity index (χ4n) is 4.47. The molecule has 9 heteroatoms. The lowest BCUT2D eigenvalue weighted by Crippen LogP contribution is -2.65. The van der Waals surface area contributed by atoms with E-state index in [9.17, 15) is 14.4 Å². The molecule has 4 rings (SSSR count). The van der Waals surface area contributed by atoms with Gasteiger partial charge in [-0.2, -0.15) is 5.10 Å². The molecule has 2 aromatic rings. The molecular weight excluding hydrogens is 432 g/mol. The molecule has 1 aromatic heterocycles. The summed E-state index contributed by atoms with van der Waals surface area (Å²) in [6.45, 7) is 5.59. The fourth-order valence-corrected chi connectivity index (χ4v) is 4.79. The first kappa shape index (κ1) is 22.3. The number of ether oxygens (including phenoxy) is 1. The van der Waals surface area contributed by atoms with E-state index in [0.717, 1.165) is 31.2 Å². The largest absolute Gasteiger partial charge is 0.461 e. The van der Waals surface area contributed by atoms with E-state index in [0.29, 0.717) is 10.7 Å². The van der Waals surface area contributed by atoms with Crippen molar-refractivity contribution in [3.8, 4) is 0 Å². The topological polar surface area (TPSA) is 93.5 Å². The van der Waals surface area contributed by atoms with Gasteiger partial charge >= 0.3 is 5.97 Å². The third-order valence-electron chi connectivity index (χ3n) is 6.16. The zero-order valence-corrected chi connectivity index (χ0v) is 19.2. The number of hydrogen-bond donors (Lipinski definition) is 1. The number of hydrogen-bond acceptors (Lipinski definition) is 5. The normalized spacial score (nSPS) is 20.9. The molecule has 32 heavy (non-hydrogen) atoms. The van der Waals surface area contributed by atoms with Gasteiger partial charge in [0, 0.05) is 12.1 Å². The molecule has 2 amide bonds. The lowest BCUT2D eigenvalue weighted by molar-refractivity contribution is -0.127. The summed E-state index contributed by atoms with van der Waals surface area (Å²) < 4.78 is 6.45. The Morgan fingerprint density at radius 3 is 2.66 bits per heavy atom. The van der Waals surface area contributed by atoms with E-state index in [4.69, 9.17) is 16.3 Å². The molecule has 0 radical (unpaired) electrons. The Kier molecular flexibility index (Phi) is 5.99. The molecule has 1 N–H and O–H groups in total. The van der Waals surface area contributed by atoms with E-state index in [2.05, 4.69) is 10.4 Å². The van der Waals surface area contributed by atoms with Crippen LogP contribution in [-0.2, 0) is 16.1 Å². The summed E-state index contributed by atoms with van der Waals surface area (Å²) in [6, 6.07) is 6.84. The average molecular weight is 459 g/mol. The number of amides is 2. The van der Waals surface area contributed by atoms with E-state index in [1.165, 1.54) is 15.6 Å². The average Bonchev–Trinajstić information content (AvgIpc) is 3.39. The molecule has 1 unspecified atom stereocenters.